The van der Waals surface area contributed by atoms with Crippen molar-refractivity contribution in [2.75, 3.05) is 0 Å². The molecule has 23 heavy (non-hydrogen) atoms. The highest BCUT2D eigenvalue weighted by molar-refractivity contribution is 9.10. The summed E-state index contributed by atoms with van der Waals surface area (Å²) in [7, 11) is 0. The summed E-state index contributed by atoms with van der Waals surface area (Å²) in [4.78, 5) is 0. The van der Waals surface area contributed by atoms with E-state index in [1.807, 2.05) is 0 Å². The number of hydrogen-bond donors (Lipinski definition) is 0. The normalized spacial score (nSPS) is 15.7. The molecule has 4 aromatic carbocycles. The molecule has 4 aromatic rings. The summed E-state index contributed by atoms with van der Waals surface area (Å²) < 4.78 is 2.59. The van der Waals surface area contributed by atoms with Gasteiger partial charge in [-0.2, -0.15) is 0 Å². The number of halogens is 2. The van der Waals surface area contributed by atoms with Crippen molar-refractivity contribution in [3.8, 4) is 0 Å². The summed E-state index contributed by atoms with van der Waals surface area (Å²) in [5.41, 5.74) is 9.03. The zero-order valence-corrected chi connectivity index (χ0v) is 15.4. The van der Waals surface area contributed by atoms with E-state index in [0.29, 0.717) is 0 Å². The Morgan fingerprint density at radius 1 is 0.522 bits per heavy atom. The fourth-order valence-corrected chi connectivity index (χ4v) is 6.60. The Labute approximate surface area is 149 Å². The van der Waals surface area contributed by atoms with Crippen LogP contribution < -0.4 is 0 Å². The Morgan fingerprint density at radius 3 is 1.43 bits per heavy atom. The van der Waals surface area contributed by atoms with Crippen LogP contribution in [-0.2, 0) is 19.3 Å². The van der Waals surface area contributed by atoms with Crippen molar-refractivity contribution in [3.05, 3.63) is 66.6 Å². The molecule has 0 N–H and O–H groups in total. The standard InChI is InChI=1S/C21H10Br2/c22-14-6-10-3-11-7-15(23)13-5-9-2-1-8-4-12(14)20-16(8)17(9)21(13)19(11)18(10)20/h1-2,6-7H,3-5H2. The maximum atomic E-state index is 3.86. The first-order valence-corrected chi connectivity index (χ1v) is 9.65. The molecule has 0 saturated carbocycles. The third-order valence-corrected chi connectivity index (χ3v) is 7.58. The third kappa shape index (κ3) is 1.13. The summed E-state index contributed by atoms with van der Waals surface area (Å²) in [6, 6.07) is 9.49. The van der Waals surface area contributed by atoms with Crippen molar-refractivity contribution in [2.24, 2.45) is 0 Å². The van der Waals surface area contributed by atoms with Gasteiger partial charge in [0.1, 0.15) is 0 Å². The monoisotopic (exact) mass is 420 g/mol. The minimum atomic E-state index is 1.07. The first kappa shape index (κ1) is 12.0. The first-order valence-electron chi connectivity index (χ1n) is 8.06. The summed E-state index contributed by atoms with van der Waals surface area (Å²) >= 11 is 7.71. The van der Waals surface area contributed by atoms with Gasteiger partial charge in [-0.3, -0.25) is 0 Å². The van der Waals surface area contributed by atoms with E-state index >= 15 is 0 Å². The Kier molecular flexibility index (Phi) is 1.83. The topological polar surface area (TPSA) is 0 Å². The summed E-state index contributed by atoms with van der Waals surface area (Å²) in [6.07, 6.45) is 3.22. The van der Waals surface area contributed by atoms with Gasteiger partial charge in [0.05, 0.1) is 0 Å². The van der Waals surface area contributed by atoms with Crippen LogP contribution in [0, 0.1) is 0 Å². The molecule has 0 bridgehead atoms. The second kappa shape index (κ2) is 3.50. The van der Waals surface area contributed by atoms with Crippen molar-refractivity contribution in [2.45, 2.75) is 19.3 Å². The van der Waals surface area contributed by atoms with Crippen molar-refractivity contribution >= 4 is 64.2 Å². The lowest BCUT2D eigenvalue weighted by molar-refractivity contribution is 1.22. The van der Waals surface area contributed by atoms with Crippen LogP contribution in [0.3, 0.4) is 0 Å². The van der Waals surface area contributed by atoms with Gasteiger partial charge in [-0.15, -0.1) is 0 Å². The average Bonchev–Trinajstić information content (AvgIpc) is 3.17. The van der Waals surface area contributed by atoms with Gasteiger partial charge >= 0.3 is 0 Å². The lowest BCUT2D eigenvalue weighted by Crippen LogP contribution is -1.86. The molecule has 7 rings (SSSR count). The lowest BCUT2D eigenvalue weighted by Gasteiger charge is -2.10. The molecule has 3 aliphatic carbocycles. The average molecular weight is 422 g/mol. The highest BCUT2D eigenvalue weighted by atomic mass is 79.9. The zero-order chi connectivity index (χ0) is 15.0. The van der Waals surface area contributed by atoms with Crippen LogP contribution in [0.25, 0.3) is 32.3 Å². The highest BCUT2D eigenvalue weighted by Crippen LogP contribution is 2.55. The number of hydrogen-bond acceptors (Lipinski definition) is 0. The number of rotatable bonds is 0. The molecule has 3 aliphatic rings. The molecule has 2 heteroatoms. The summed E-state index contributed by atoms with van der Waals surface area (Å²) in [5.74, 6) is 0. The van der Waals surface area contributed by atoms with Crippen LogP contribution in [0.2, 0.25) is 0 Å². The predicted molar refractivity (Wildman–Crippen MR) is 103 cm³/mol. The Hall–Kier alpha value is -1.38. The fraction of sp³-hybridized carbons (Fsp3) is 0.143. The molecular weight excluding hydrogens is 412 g/mol. The van der Waals surface area contributed by atoms with Gasteiger partial charge in [0.15, 0.2) is 0 Å². The molecule has 0 amide bonds. The second-order valence-corrected chi connectivity index (χ2v) is 8.86. The van der Waals surface area contributed by atoms with E-state index < -0.39 is 0 Å². The van der Waals surface area contributed by atoms with E-state index in [1.54, 1.807) is 32.3 Å². The van der Waals surface area contributed by atoms with E-state index in [4.69, 9.17) is 0 Å². The van der Waals surface area contributed by atoms with Crippen molar-refractivity contribution in [1.29, 1.82) is 0 Å². The SMILES string of the molecule is Brc1cc2c3c4c(cc(Br)c5c4c4c(ccc6c4c3c1C6)C5)C2. The van der Waals surface area contributed by atoms with Crippen LogP contribution in [0.5, 0.6) is 0 Å². The largest absolute Gasteiger partial charge is 0.0578 e. The van der Waals surface area contributed by atoms with Crippen molar-refractivity contribution < 1.29 is 0 Å². The molecule has 0 atom stereocenters. The van der Waals surface area contributed by atoms with Crippen LogP contribution >= 0.6 is 31.9 Å². The summed E-state index contributed by atoms with van der Waals surface area (Å²) in [5, 5.41) is 9.28. The van der Waals surface area contributed by atoms with Gasteiger partial charge in [-0.25, -0.2) is 0 Å². The minimum Gasteiger partial charge on any atom is -0.0578 e. The van der Waals surface area contributed by atoms with E-state index in [0.717, 1.165) is 19.3 Å². The molecule has 0 spiro atoms. The van der Waals surface area contributed by atoms with Crippen molar-refractivity contribution in [1.82, 2.24) is 0 Å². The van der Waals surface area contributed by atoms with Gasteiger partial charge in [0.2, 0.25) is 0 Å². The molecule has 0 heterocycles. The zero-order valence-electron chi connectivity index (χ0n) is 12.2. The van der Waals surface area contributed by atoms with Gasteiger partial charge < -0.3 is 0 Å². The van der Waals surface area contributed by atoms with Gasteiger partial charge in [0, 0.05) is 8.95 Å². The Bertz CT molecular complexity index is 1170. The minimum absolute atomic E-state index is 1.07. The summed E-state index contributed by atoms with van der Waals surface area (Å²) in [6.45, 7) is 0. The predicted octanol–water partition coefficient (Wildman–Crippen LogP) is 6.38. The molecular formula is C21H10Br2. The molecule has 0 aromatic heterocycles. The first-order chi connectivity index (χ1) is 11.2. The lowest BCUT2D eigenvalue weighted by atomic mass is 9.94. The molecule has 0 fully saturated rings. The smallest absolute Gasteiger partial charge is 0.0220 e. The highest BCUT2D eigenvalue weighted by Gasteiger charge is 2.33. The molecule has 108 valence electrons. The van der Waals surface area contributed by atoms with Crippen LogP contribution in [0.4, 0.5) is 0 Å². The quantitative estimate of drug-likeness (QED) is 0.249. The third-order valence-electron chi connectivity index (χ3n) is 6.17. The van der Waals surface area contributed by atoms with E-state index in [-0.39, 0.29) is 0 Å². The maximum absolute atomic E-state index is 3.86. The molecule has 0 unspecified atom stereocenters. The van der Waals surface area contributed by atoms with Gasteiger partial charge in [0.25, 0.3) is 0 Å². The Morgan fingerprint density at radius 2 is 0.957 bits per heavy atom. The van der Waals surface area contributed by atoms with E-state index in [2.05, 4.69) is 56.1 Å². The van der Waals surface area contributed by atoms with Gasteiger partial charge in [-0.05, 0) is 97.1 Å². The van der Waals surface area contributed by atoms with Crippen molar-refractivity contribution in [3.63, 3.8) is 0 Å². The molecule has 0 radical (unpaired) electrons. The van der Waals surface area contributed by atoms with E-state index in [1.165, 1.54) is 42.3 Å². The molecule has 0 saturated heterocycles. The maximum Gasteiger partial charge on any atom is 0.0220 e. The fourth-order valence-electron chi connectivity index (χ4n) is 5.37. The van der Waals surface area contributed by atoms with Crippen LogP contribution in [0.15, 0.2) is 33.2 Å². The van der Waals surface area contributed by atoms with Gasteiger partial charge in [-0.1, -0.05) is 44.0 Å². The molecule has 0 aliphatic heterocycles. The molecule has 0 nitrogen and oxygen atoms in total. The van der Waals surface area contributed by atoms with Crippen LogP contribution in [-0.4, -0.2) is 0 Å². The second-order valence-electron chi connectivity index (χ2n) is 7.16. The van der Waals surface area contributed by atoms with E-state index in [9.17, 15) is 0 Å². The number of benzene rings is 4. The Balaban J connectivity index is 1.99. The van der Waals surface area contributed by atoms with Crippen LogP contribution in [0.1, 0.15) is 33.4 Å².